The number of methoxy groups -OCH3 is 2. The van der Waals surface area contributed by atoms with Gasteiger partial charge >= 0.3 is 5.69 Å². The van der Waals surface area contributed by atoms with Gasteiger partial charge in [-0.05, 0) is 31.2 Å². The Hall–Kier alpha value is -3.82. The summed E-state index contributed by atoms with van der Waals surface area (Å²) in [6, 6.07) is 10.2. The van der Waals surface area contributed by atoms with Crippen molar-refractivity contribution in [2.75, 3.05) is 14.2 Å². The Morgan fingerprint density at radius 3 is 2.32 bits per heavy atom. The van der Waals surface area contributed by atoms with Crippen LogP contribution in [-0.2, 0) is 4.79 Å². The summed E-state index contributed by atoms with van der Waals surface area (Å²) in [5.41, 5.74) is 4.41. The number of nitro benzene ring substituents is 1. The minimum Gasteiger partial charge on any atom is -0.493 e. The average molecular weight is 389 g/mol. The van der Waals surface area contributed by atoms with Gasteiger partial charge in [0.15, 0.2) is 23.4 Å². The van der Waals surface area contributed by atoms with Gasteiger partial charge in [-0.25, -0.2) is 0 Å². The molecule has 0 aliphatic heterocycles. The van der Waals surface area contributed by atoms with Crippen LogP contribution < -0.4 is 25.1 Å². The summed E-state index contributed by atoms with van der Waals surface area (Å²) in [5.74, 6) is -0.523. The molecule has 10 nitrogen and oxygen atoms in total. The molecule has 0 fully saturated rings. The van der Waals surface area contributed by atoms with E-state index in [2.05, 4.69) is 10.9 Å². The maximum atomic E-state index is 12.2. The molecule has 0 saturated carbocycles. The van der Waals surface area contributed by atoms with Gasteiger partial charge in [-0.3, -0.25) is 30.6 Å². The zero-order chi connectivity index (χ0) is 20.7. The van der Waals surface area contributed by atoms with Crippen molar-refractivity contribution in [1.82, 2.24) is 10.9 Å². The number of para-hydroxylation sites is 2. The molecular weight excluding hydrogens is 370 g/mol. The van der Waals surface area contributed by atoms with E-state index in [0.29, 0.717) is 11.5 Å². The number of hydrogen-bond donors (Lipinski definition) is 2. The van der Waals surface area contributed by atoms with Crippen LogP contribution in [0.4, 0.5) is 5.69 Å². The molecule has 2 aromatic rings. The number of hydrazine groups is 1. The number of carbonyl (C=O) groups excluding carboxylic acids is 2. The number of nitrogens with zero attached hydrogens (tertiary/aromatic N) is 1. The molecule has 2 amide bonds. The van der Waals surface area contributed by atoms with Crippen molar-refractivity contribution in [3.63, 3.8) is 0 Å². The van der Waals surface area contributed by atoms with Crippen molar-refractivity contribution in [3.05, 3.63) is 58.1 Å². The lowest BCUT2D eigenvalue weighted by Crippen LogP contribution is -2.47. The van der Waals surface area contributed by atoms with Gasteiger partial charge in [0.05, 0.1) is 19.1 Å². The number of carbonyl (C=O) groups is 2. The summed E-state index contributed by atoms with van der Waals surface area (Å²) in [4.78, 5) is 34.7. The maximum absolute atomic E-state index is 12.2. The molecule has 0 saturated heterocycles. The standard InChI is InChI=1S/C18H19N3O7/c1-11(28-14-7-5-4-6-13(14)21(24)25)17(22)19-20-18(23)12-8-9-15(26-2)16(10-12)27-3/h4-11H,1-3H3,(H,19,22)(H,20,23)/t11-/m1/s1. The molecule has 0 unspecified atom stereocenters. The molecular formula is C18H19N3O7. The Morgan fingerprint density at radius 2 is 1.68 bits per heavy atom. The van der Waals surface area contributed by atoms with Gasteiger partial charge in [-0.1, -0.05) is 12.1 Å². The van der Waals surface area contributed by atoms with Crippen LogP contribution in [0.3, 0.4) is 0 Å². The highest BCUT2D eigenvalue weighted by Gasteiger charge is 2.21. The fourth-order valence-corrected chi connectivity index (χ4v) is 2.22. The second-order valence-electron chi connectivity index (χ2n) is 5.50. The minimum absolute atomic E-state index is 0.0543. The largest absolute Gasteiger partial charge is 0.493 e. The van der Waals surface area contributed by atoms with E-state index in [0.717, 1.165) is 0 Å². The monoisotopic (exact) mass is 389 g/mol. The summed E-state index contributed by atoms with van der Waals surface area (Å²) < 4.78 is 15.5. The van der Waals surface area contributed by atoms with Crippen molar-refractivity contribution in [2.45, 2.75) is 13.0 Å². The lowest BCUT2D eigenvalue weighted by molar-refractivity contribution is -0.386. The number of amides is 2. The smallest absolute Gasteiger partial charge is 0.310 e. The fraction of sp³-hybridized carbons (Fsp3) is 0.222. The first-order valence-electron chi connectivity index (χ1n) is 8.09. The van der Waals surface area contributed by atoms with Crippen LogP contribution >= 0.6 is 0 Å². The molecule has 0 spiro atoms. The van der Waals surface area contributed by atoms with E-state index in [9.17, 15) is 19.7 Å². The van der Waals surface area contributed by atoms with Crippen LogP contribution in [0.5, 0.6) is 17.2 Å². The third-order valence-electron chi connectivity index (χ3n) is 3.68. The number of hydrogen-bond acceptors (Lipinski definition) is 7. The number of ether oxygens (including phenoxy) is 3. The van der Waals surface area contributed by atoms with Gasteiger partial charge in [-0.15, -0.1) is 0 Å². The Balaban J connectivity index is 1.98. The Bertz CT molecular complexity index is 885. The van der Waals surface area contributed by atoms with Crippen molar-refractivity contribution in [2.24, 2.45) is 0 Å². The zero-order valence-corrected chi connectivity index (χ0v) is 15.4. The zero-order valence-electron chi connectivity index (χ0n) is 15.4. The maximum Gasteiger partial charge on any atom is 0.310 e. The molecule has 2 aromatic carbocycles. The van der Waals surface area contributed by atoms with E-state index in [1.54, 1.807) is 12.1 Å². The van der Waals surface area contributed by atoms with Gasteiger partial charge in [0, 0.05) is 11.6 Å². The first-order chi connectivity index (χ1) is 13.4. The summed E-state index contributed by atoms with van der Waals surface area (Å²) in [6.07, 6.45) is -1.09. The molecule has 10 heteroatoms. The Labute approximate surface area is 160 Å². The Morgan fingerprint density at radius 1 is 1.00 bits per heavy atom. The van der Waals surface area contributed by atoms with Gasteiger partial charge in [0.2, 0.25) is 0 Å². The van der Waals surface area contributed by atoms with Crippen LogP contribution in [-0.4, -0.2) is 37.1 Å². The molecule has 28 heavy (non-hydrogen) atoms. The first kappa shape index (κ1) is 20.5. The molecule has 148 valence electrons. The quantitative estimate of drug-likeness (QED) is 0.546. The highest BCUT2D eigenvalue weighted by atomic mass is 16.6. The lowest BCUT2D eigenvalue weighted by atomic mass is 10.2. The van der Waals surface area contributed by atoms with Gasteiger partial charge in [0.1, 0.15) is 0 Å². The van der Waals surface area contributed by atoms with Crippen molar-refractivity contribution >= 4 is 17.5 Å². The van der Waals surface area contributed by atoms with Gasteiger partial charge in [-0.2, -0.15) is 0 Å². The lowest BCUT2D eigenvalue weighted by Gasteiger charge is -2.15. The van der Waals surface area contributed by atoms with Crippen molar-refractivity contribution in [3.8, 4) is 17.2 Å². The summed E-state index contributed by atoms with van der Waals surface area (Å²) >= 11 is 0. The Kier molecular flexibility index (Phi) is 6.74. The molecule has 2 N–H and O–H groups in total. The van der Waals surface area contributed by atoms with Crippen LogP contribution in [0.1, 0.15) is 17.3 Å². The minimum atomic E-state index is -1.09. The topological polar surface area (TPSA) is 129 Å². The molecule has 1 atom stereocenters. The SMILES string of the molecule is COc1ccc(C(=O)NNC(=O)[C@@H](C)Oc2ccccc2[N+](=O)[O-])cc1OC. The molecule has 0 aliphatic rings. The van der Waals surface area contributed by atoms with Gasteiger partial charge < -0.3 is 14.2 Å². The number of rotatable bonds is 7. The van der Waals surface area contributed by atoms with E-state index >= 15 is 0 Å². The molecule has 0 heterocycles. The number of nitro groups is 1. The third-order valence-corrected chi connectivity index (χ3v) is 3.68. The molecule has 0 bridgehead atoms. The molecule has 0 aliphatic carbocycles. The van der Waals surface area contributed by atoms with Crippen LogP contribution in [0, 0.1) is 10.1 Å². The van der Waals surface area contributed by atoms with Crippen LogP contribution in [0.2, 0.25) is 0 Å². The second kappa shape index (κ2) is 9.21. The predicted octanol–water partition coefficient (Wildman–Crippen LogP) is 1.84. The van der Waals surface area contributed by atoms with Crippen molar-refractivity contribution in [1.29, 1.82) is 0 Å². The summed E-state index contributed by atoms with van der Waals surface area (Å²) in [5, 5.41) is 11.0. The molecule has 0 aromatic heterocycles. The highest BCUT2D eigenvalue weighted by molar-refractivity contribution is 5.96. The van der Waals surface area contributed by atoms with E-state index in [1.807, 2.05) is 0 Å². The van der Waals surface area contributed by atoms with E-state index in [1.165, 1.54) is 51.5 Å². The second-order valence-corrected chi connectivity index (χ2v) is 5.50. The predicted molar refractivity (Wildman–Crippen MR) is 98.3 cm³/mol. The number of nitrogens with one attached hydrogen (secondary N) is 2. The molecule has 2 rings (SSSR count). The first-order valence-corrected chi connectivity index (χ1v) is 8.09. The normalized spacial score (nSPS) is 11.1. The van der Waals surface area contributed by atoms with Gasteiger partial charge in [0.25, 0.3) is 11.8 Å². The van der Waals surface area contributed by atoms with Crippen LogP contribution in [0.25, 0.3) is 0 Å². The average Bonchev–Trinajstić information content (AvgIpc) is 2.71. The van der Waals surface area contributed by atoms with Crippen LogP contribution in [0.15, 0.2) is 42.5 Å². The van der Waals surface area contributed by atoms with E-state index in [4.69, 9.17) is 14.2 Å². The van der Waals surface area contributed by atoms with Crippen molar-refractivity contribution < 1.29 is 28.7 Å². The van der Waals surface area contributed by atoms with E-state index in [-0.39, 0.29) is 17.0 Å². The molecule has 0 radical (unpaired) electrons. The third kappa shape index (κ3) is 4.87. The number of benzene rings is 2. The van der Waals surface area contributed by atoms with E-state index < -0.39 is 22.8 Å². The fourth-order valence-electron chi connectivity index (χ4n) is 2.22. The summed E-state index contributed by atoms with van der Waals surface area (Å²) in [7, 11) is 2.90. The highest BCUT2D eigenvalue weighted by Crippen LogP contribution is 2.28. The summed E-state index contributed by atoms with van der Waals surface area (Å²) in [6.45, 7) is 1.40.